The fourth-order valence-corrected chi connectivity index (χ4v) is 3.75. The third kappa shape index (κ3) is 3.61. The Morgan fingerprint density at radius 1 is 0.931 bits per heavy atom. The summed E-state index contributed by atoms with van der Waals surface area (Å²) in [5, 5.41) is 2.12. The Labute approximate surface area is 170 Å². The topological polar surface area (TPSA) is 51.3 Å². The maximum absolute atomic E-state index is 12.7. The van der Waals surface area contributed by atoms with E-state index in [4.69, 9.17) is 9.47 Å². The highest BCUT2D eigenvalue weighted by molar-refractivity contribution is 6.06. The van der Waals surface area contributed by atoms with Gasteiger partial charge in [-0.05, 0) is 41.3 Å². The first-order valence-corrected chi connectivity index (χ1v) is 9.70. The molecule has 0 spiro atoms. The standard InChI is InChI=1S/C25H23NO3/c1-3-29-25(27)24-22(19(16-26-24)15-17-9-5-4-6-10-17)23-20-12-8-7-11-18(20)13-14-21(23)28-2/h4-14,16,26H,3,15H2,1-2H3. The molecule has 1 N–H and O–H groups in total. The molecule has 0 amide bonds. The van der Waals surface area contributed by atoms with Crippen LogP contribution in [-0.4, -0.2) is 24.7 Å². The summed E-state index contributed by atoms with van der Waals surface area (Å²) in [5.74, 6) is 0.361. The number of benzene rings is 3. The number of hydrogen-bond donors (Lipinski definition) is 1. The summed E-state index contributed by atoms with van der Waals surface area (Å²) in [4.78, 5) is 15.9. The highest BCUT2D eigenvalue weighted by atomic mass is 16.5. The van der Waals surface area contributed by atoms with Gasteiger partial charge in [-0.2, -0.15) is 0 Å². The minimum absolute atomic E-state index is 0.317. The zero-order chi connectivity index (χ0) is 20.2. The minimum atomic E-state index is -0.364. The fourth-order valence-electron chi connectivity index (χ4n) is 3.75. The number of hydrogen-bond acceptors (Lipinski definition) is 3. The van der Waals surface area contributed by atoms with Crippen LogP contribution in [0.1, 0.15) is 28.5 Å². The number of ether oxygens (including phenoxy) is 2. The SMILES string of the molecule is CCOC(=O)c1[nH]cc(Cc2ccccc2)c1-c1c(OC)ccc2ccccc12. The number of carbonyl (C=O) groups excluding carboxylic acids is 1. The summed E-state index contributed by atoms with van der Waals surface area (Å²) < 4.78 is 11.0. The van der Waals surface area contributed by atoms with Crippen molar-refractivity contribution in [3.63, 3.8) is 0 Å². The van der Waals surface area contributed by atoms with Crippen molar-refractivity contribution in [2.45, 2.75) is 13.3 Å². The molecule has 4 nitrogen and oxygen atoms in total. The van der Waals surface area contributed by atoms with Crippen molar-refractivity contribution in [2.24, 2.45) is 0 Å². The predicted molar refractivity (Wildman–Crippen MR) is 115 cm³/mol. The number of esters is 1. The normalized spacial score (nSPS) is 10.8. The van der Waals surface area contributed by atoms with E-state index in [2.05, 4.69) is 29.2 Å². The van der Waals surface area contributed by atoms with Crippen molar-refractivity contribution >= 4 is 16.7 Å². The molecule has 0 unspecified atom stereocenters. The number of aromatic amines is 1. The number of aromatic nitrogens is 1. The van der Waals surface area contributed by atoms with Crippen LogP contribution in [0, 0.1) is 0 Å². The third-order valence-corrected chi connectivity index (χ3v) is 5.04. The van der Waals surface area contributed by atoms with Gasteiger partial charge in [-0.1, -0.05) is 60.7 Å². The zero-order valence-corrected chi connectivity index (χ0v) is 16.6. The average Bonchev–Trinajstić information content (AvgIpc) is 3.17. The largest absolute Gasteiger partial charge is 0.496 e. The molecular formula is C25H23NO3. The second-order valence-electron chi connectivity index (χ2n) is 6.81. The lowest BCUT2D eigenvalue weighted by molar-refractivity contribution is 0.0521. The quantitative estimate of drug-likeness (QED) is 0.439. The van der Waals surface area contributed by atoms with Crippen molar-refractivity contribution in [1.82, 2.24) is 4.98 Å². The zero-order valence-electron chi connectivity index (χ0n) is 16.6. The summed E-state index contributed by atoms with van der Waals surface area (Å²) in [7, 11) is 1.65. The molecule has 0 fully saturated rings. The first-order chi connectivity index (χ1) is 14.2. The Balaban J connectivity index is 1.97. The Kier molecular flexibility index (Phi) is 5.34. The summed E-state index contributed by atoms with van der Waals surface area (Å²) in [6.45, 7) is 2.13. The van der Waals surface area contributed by atoms with Gasteiger partial charge in [-0.3, -0.25) is 0 Å². The van der Waals surface area contributed by atoms with Crippen LogP contribution in [0.5, 0.6) is 5.75 Å². The Morgan fingerprint density at radius 2 is 1.69 bits per heavy atom. The van der Waals surface area contributed by atoms with Crippen LogP contribution in [0.2, 0.25) is 0 Å². The molecule has 0 bridgehead atoms. The maximum atomic E-state index is 12.7. The lowest BCUT2D eigenvalue weighted by Gasteiger charge is -2.15. The molecule has 4 heteroatoms. The van der Waals surface area contributed by atoms with Gasteiger partial charge in [-0.15, -0.1) is 0 Å². The first kappa shape index (κ1) is 18.8. The molecule has 0 aliphatic heterocycles. The van der Waals surface area contributed by atoms with E-state index in [0.29, 0.717) is 18.7 Å². The molecule has 4 rings (SSSR count). The number of fused-ring (bicyclic) bond motifs is 1. The second kappa shape index (κ2) is 8.23. The van der Waals surface area contributed by atoms with Gasteiger partial charge in [0.05, 0.1) is 13.7 Å². The van der Waals surface area contributed by atoms with E-state index in [-0.39, 0.29) is 5.97 Å². The van der Waals surface area contributed by atoms with Crippen molar-refractivity contribution < 1.29 is 14.3 Å². The molecule has 29 heavy (non-hydrogen) atoms. The van der Waals surface area contributed by atoms with Gasteiger partial charge < -0.3 is 14.5 Å². The Bertz CT molecular complexity index is 1150. The van der Waals surface area contributed by atoms with E-state index in [1.54, 1.807) is 7.11 Å². The van der Waals surface area contributed by atoms with Gasteiger partial charge in [0, 0.05) is 17.3 Å². The Morgan fingerprint density at radius 3 is 2.45 bits per heavy atom. The molecule has 0 atom stereocenters. The number of H-pyrrole nitrogens is 1. The summed E-state index contributed by atoms with van der Waals surface area (Å²) in [5.41, 5.74) is 4.38. The van der Waals surface area contributed by atoms with Crippen LogP contribution in [0.4, 0.5) is 0 Å². The molecule has 0 aliphatic carbocycles. The third-order valence-electron chi connectivity index (χ3n) is 5.04. The lowest BCUT2D eigenvalue weighted by atomic mass is 9.92. The summed E-state index contributed by atoms with van der Waals surface area (Å²) >= 11 is 0. The monoisotopic (exact) mass is 385 g/mol. The lowest BCUT2D eigenvalue weighted by Crippen LogP contribution is -2.07. The van der Waals surface area contributed by atoms with Gasteiger partial charge in [0.2, 0.25) is 0 Å². The smallest absolute Gasteiger partial charge is 0.355 e. The number of nitrogens with one attached hydrogen (secondary N) is 1. The van der Waals surface area contributed by atoms with Crippen LogP contribution in [0.15, 0.2) is 72.9 Å². The molecular weight excluding hydrogens is 362 g/mol. The van der Waals surface area contributed by atoms with E-state index < -0.39 is 0 Å². The molecule has 0 saturated carbocycles. The molecule has 1 aromatic heterocycles. The van der Waals surface area contributed by atoms with Crippen LogP contribution < -0.4 is 4.74 Å². The Hall–Kier alpha value is -3.53. The first-order valence-electron chi connectivity index (χ1n) is 9.70. The van der Waals surface area contributed by atoms with Gasteiger partial charge in [0.1, 0.15) is 11.4 Å². The maximum Gasteiger partial charge on any atom is 0.355 e. The number of rotatable bonds is 6. The average molecular weight is 385 g/mol. The van der Waals surface area contributed by atoms with E-state index >= 15 is 0 Å². The summed E-state index contributed by atoms with van der Waals surface area (Å²) in [6.07, 6.45) is 2.59. The number of carbonyl (C=O) groups is 1. The van der Waals surface area contributed by atoms with E-state index in [1.807, 2.05) is 55.6 Å². The molecule has 1 heterocycles. The van der Waals surface area contributed by atoms with E-state index in [1.165, 1.54) is 5.56 Å². The second-order valence-corrected chi connectivity index (χ2v) is 6.81. The van der Waals surface area contributed by atoms with E-state index in [9.17, 15) is 4.79 Å². The van der Waals surface area contributed by atoms with Crippen LogP contribution in [0.3, 0.4) is 0 Å². The van der Waals surface area contributed by atoms with Crippen molar-refractivity contribution in [1.29, 1.82) is 0 Å². The predicted octanol–water partition coefficient (Wildman–Crippen LogP) is 5.61. The highest BCUT2D eigenvalue weighted by Gasteiger charge is 2.24. The molecule has 0 saturated heterocycles. The molecule has 146 valence electrons. The fraction of sp³-hybridized carbons (Fsp3) is 0.160. The molecule has 0 aliphatic rings. The van der Waals surface area contributed by atoms with E-state index in [0.717, 1.165) is 33.2 Å². The molecule has 4 aromatic rings. The molecule has 3 aromatic carbocycles. The van der Waals surface area contributed by atoms with Crippen molar-refractivity contribution in [2.75, 3.05) is 13.7 Å². The van der Waals surface area contributed by atoms with Gasteiger partial charge in [-0.25, -0.2) is 4.79 Å². The van der Waals surface area contributed by atoms with Crippen molar-refractivity contribution in [3.8, 4) is 16.9 Å². The highest BCUT2D eigenvalue weighted by Crippen LogP contribution is 2.41. The van der Waals surface area contributed by atoms with Gasteiger partial charge in [0.15, 0.2) is 0 Å². The molecule has 0 radical (unpaired) electrons. The van der Waals surface area contributed by atoms with Crippen LogP contribution >= 0.6 is 0 Å². The minimum Gasteiger partial charge on any atom is -0.496 e. The summed E-state index contributed by atoms with van der Waals surface area (Å²) in [6, 6.07) is 22.3. The van der Waals surface area contributed by atoms with Gasteiger partial charge in [0.25, 0.3) is 0 Å². The van der Waals surface area contributed by atoms with Crippen LogP contribution in [0.25, 0.3) is 21.9 Å². The van der Waals surface area contributed by atoms with Crippen molar-refractivity contribution in [3.05, 3.63) is 89.7 Å². The number of methoxy groups -OCH3 is 1. The van der Waals surface area contributed by atoms with Gasteiger partial charge >= 0.3 is 5.97 Å². The van der Waals surface area contributed by atoms with Crippen LogP contribution in [-0.2, 0) is 11.2 Å².